The molecule has 0 radical (unpaired) electrons. The number of rotatable bonds is 6. The van der Waals surface area contributed by atoms with Crippen molar-refractivity contribution in [1.82, 2.24) is 14.9 Å². The van der Waals surface area contributed by atoms with Crippen LogP contribution in [0.15, 0.2) is 53.9 Å². The van der Waals surface area contributed by atoms with Gasteiger partial charge in [-0.25, -0.2) is 4.39 Å². The van der Waals surface area contributed by atoms with Crippen molar-refractivity contribution in [3.05, 3.63) is 71.0 Å². The summed E-state index contributed by atoms with van der Waals surface area (Å²) in [7, 11) is 1.47. The highest BCUT2D eigenvalue weighted by Crippen LogP contribution is 2.35. The largest absolute Gasteiger partial charge is 0.496 e. The minimum absolute atomic E-state index is 0.0108. The standard InChI is InChI=1S/C22H23FN4O3S/c1-22(2,3)24-20(28)19(14-9-5-8-12-18(14)30-4)27(17-11-7-6-10-15(17)23)21(29)16-13-31-26-25-16/h5-13,19H,1-4H3,(H,24,28). The molecule has 2 amide bonds. The SMILES string of the molecule is COc1ccccc1C(C(=O)NC(C)(C)C)N(C(=O)c1csnn1)c1ccccc1F. The van der Waals surface area contributed by atoms with Crippen molar-refractivity contribution in [3.63, 3.8) is 0 Å². The van der Waals surface area contributed by atoms with E-state index in [0.717, 1.165) is 16.4 Å². The molecule has 3 rings (SSSR count). The zero-order valence-corrected chi connectivity index (χ0v) is 18.4. The maximum Gasteiger partial charge on any atom is 0.280 e. The van der Waals surface area contributed by atoms with Gasteiger partial charge < -0.3 is 10.1 Å². The van der Waals surface area contributed by atoms with Gasteiger partial charge in [0.15, 0.2) is 5.69 Å². The average Bonchev–Trinajstić information content (AvgIpc) is 3.26. The second-order valence-electron chi connectivity index (χ2n) is 7.80. The Morgan fingerprint density at radius 3 is 2.42 bits per heavy atom. The van der Waals surface area contributed by atoms with Gasteiger partial charge in [0.05, 0.1) is 12.8 Å². The van der Waals surface area contributed by atoms with Gasteiger partial charge in [-0.05, 0) is 50.5 Å². The Kier molecular flexibility index (Phi) is 6.65. The molecule has 0 aliphatic heterocycles. The molecule has 1 heterocycles. The summed E-state index contributed by atoms with van der Waals surface area (Å²) in [5.74, 6) is -1.40. The van der Waals surface area contributed by atoms with Crippen LogP contribution in [-0.2, 0) is 4.79 Å². The fourth-order valence-electron chi connectivity index (χ4n) is 3.12. The number of anilines is 1. The van der Waals surface area contributed by atoms with E-state index in [1.807, 2.05) is 20.8 Å². The Balaban J connectivity index is 2.25. The van der Waals surface area contributed by atoms with Crippen molar-refractivity contribution < 1.29 is 18.7 Å². The molecule has 0 fully saturated rings. The number of hydrogen-bond donors (Lipinski definition) is 1. The molecule has 0 aliphatic rings. The van der Waals surface area contributed by atoms with Gasteiger partial charge in [0.1, 0.15) is 17.6 Å². The molecule has 162 valence electrons. The summed E-state index contributed by atoms with van der Waals surface area (Å²) < 4.78 is 24.1. The van der Waals surface area contributed by atoms with Crippen molar-refractivity contribution in [2.75, 3.05) is 12.0 Å². The predicted octanol–water partition coefficient (Wildman–Crippen LogP) is 3.99. The molecule has 1 atom stereocenters. The number of benzene rings is 2. The zero-order chi connectivity index (χ0) is 22.6. The van der Waals surface area contributed by atoms with E-state index in [9.17, 15) is 14.0 Å². The number of nitrogens with zero attached hydrogens (tertiary/aromatic N) is 3. The summed E-state index contributed by atoms with van der Waals surface area (Å²) in [6.45, 7) is 5.47. The molecule has 0 bridgehead atoms. The van der Waals surface area contributed by atoms with Gasteiger partial charge in [-0.2, -0.15) is 0 Å². The van der Waals surface area contributed by atoms with Crippen LogP contribution < -0.4 is 15.0 Å². The van der Waals surface area contributed by atoms with Gasteiger partial charge in [-0.1, -0.05) is 34.8 Å². The zero-order valence-electron chi connectivity index (χ0n) is 17.6. The number of amides is 2. The lowest BCUT2D eigenvalue weighted by Gasteiger charge is -2.34. The summed E-state index contributed by atoms with van der Waals surface area (Å²) in [4.78, 5) is 28.1. The van der Waals surface area contributed by atoms with Gasteiger partial charge in [-0.3, -0.25) is 14.5 Å². The van der Waals surface area contributed by atoms with Gasteiger partial charge >= 0.3 is 0 Å². The molecule has 3 aromatic rings. The number of ether oxygens (including phenoxy) is 1. The monoisotopic (exact) mass is 442 g/mol. The van der Waals surface area contributed by atoms with Crippen LogP contribution in [0, 0.1) is 5.82 Å². The summed E-state index contributed by atoms with van der Waals surface area (Å²) in [6, 6.07) is 11.4. The molecule has 31 heavy (non-hydrogen) atoms. The second kappa shape index (κ2) is 9.22. The van der Waals surface area contributed by atoms with Crippen LogP contribution in [-0.4, -0.2) is 34.1 Å². The van der Waals surface area contributed by atoms with Gasteiger partial charge in [0, 0.05) is 16.5 Å². The molecular formula is C22H23FN4O3S. The first kappa shape index (κ1) is 22.4. The van der Waals surface area contributed by atoms with E-state index in [4.69, 9.17) is 4.74 Å². The Bertz CT molecular complexity index is 1070. The van der Waals surface area contributed by atoms with Crippen LogP contribution in [0.1, 0.15) is 42.9 Å². The van der Waals surface area contributed by atoms with E-state index in [-0.39, 0.29) is 11.4 Å². The van der Waals surface area contributed by atoms with Crippen molar-refractivity contribution in [1.29, 1.82) is 0 Å². The maximum absolute atomic E-state index is 14.9. The van der Waals surface area contributed by atoms with Crippen LogP contribution in [0.3, 0.4) is 0 Å². The average molecular weight is 443 g/mol. The number of para-hydroxylation sites is 2. The molecule has 0 saturated heterocycles. The molecule has 0 saturated carbocycles. The molecule has 0 aliphatic carbocycles. The lowest BCUT2D eigenvalue weighted by Crippen LogP contribution is -2.50. The normalized spacial score (nSPS) is 12.2. The molecule has 0 spiro atoms. The summed E-state index contributed by atoms with van der Waals surface area (Å²) in [5, 5.41) is 8.19. The number of aromatic nitrogens is 2. The third kappa shape index (κ3) is 5.05. The second-order valence-corrected chi connectivity index (χ2v) is 8.41. The van der Waals surface area contributed by atoms with Crippen molar-refractivity contribution in [3.8, 4) is 5.75 Å². The number of carbonyl (C=O) groups excluding carboxylic acids is 2. The van der Waals surface area contributed by atoms with E-state index in [0.29, 0.717) is 11.3 Å². The number of halogens is 1. The Labute approximate surface area is 184 Å². The molecule has 1 aromatic heterocycles. The minimum Gasteiger partial charge on any atom is -0.496 e. The van der Waals surface area contributed by atoms with E-state index in [1.54, 1.807) is 30.3 Å². The minimum atomic E-state index is -1.22. The van der Waals surface area contributed by atoms with E-state index < -0.39 is 29.2 Å². The highest BCUT2D eigenvalue weighted by molar-refractivity contribution is 7.03. The highest BCUT2D eigenvalue weighted by Gasteiger charge is 2.38. The molecular weight excluding hydrogens is 419 g/mol. The summed E-state index contributed by atoms with van der Waals surface area (Å²) in [5.41, 5.74) is -0.229. The topological polar surface area (TPSA) is 84.4 Å². The molecule has 9 heteroatoms. The maximum atomic E-state index is 14.9. The van der Waals surface area contributed by atoms with E-state index >= 15 is 0 Å². The quantitative estimate of drug-likeness (QED) is 0.624. The number of methoxy groups -OCH3 is 1. The Morgan fingerprint density at radius 2 is 1.81 bits per heavy atom. The van der Waals surface area contributed by atoms with E-state index in [1.165, 1.54) is 30.7 Å². The van der Waals surface area contributed by atoms with Crippen LogP contribution in [0.2, 0.25) is 0 Å². The van der Waals surface area contributed by atoms with Crippen LogP contribution >= 0.6 is 11.5 Å². The summed E-state index contributed by atoms with van der Waals surface area (Å²) in [6.07, 6.45) is 0. The molecule has 1 N–H and O–H groups in total. The lowest BCUT2D eigenvalue weighted by molar-refractivity contribution is -0.123. The highest BCUT2D eigenvalue weighted by atomic mass is 32.1. The fraction of sp³-hybridized carbons (Fsp3) is 0.273. The van der Waals surface area contributed by atoms with E-state index in [2.05, 4.69) is 14.9 Å². The Hall–Kier alpha value is -3.33. The molecule has 1 unspecified atom stereocenters. The third-order valence-corrected chi connectivity index (χ3v) is 4.85. The van der Waals surface area contributed by atoms with Gasteiger partial charge in [0.25, 0.3) is 5.91 Å². The first-order valence-corrected chi connectivity index (χ1v) is 10.4. The number of carbonyl (C=O) groups is 2. The van der Waals surface area contributed by atoms with Crippen molar-refractivity contribution in [2.24, 2.45) is 0 Å². The predicted molar refractivity (Wildman–Crippen MR) is 117 cm³/mol. The first-order chi connectivity index (χ1) is 14.7. The summed E-state index contributed by atoms with van der Waals surface area (Å²) >= 11 is 0.991. The molecule has 2 aromatic carbocycles. The van der Waals surface area contributed by atoms with Crippen molar-refractivity contribution in [2.45, 2.75) is 32.4 Å². The van der Waals surface area contributed by atoms with Crippen LogP contribution in [0.4, 0.5) is 10.1 Å². The third-order valence-electron chi connectivity index (χ3n) is 4.35. The lowest BCUT2D eigenvalue weighted by atomic mass is 9.99. The number of nitrogens with one attached hydrogen (secondary N) is 1. The smallest absolute Gasteiger partial charge is 0.280 e. The Morgan fingerprint density at radius 1 is 1.13 bits per heavy atom. The van der Waals surface area contributed by atoms with Gasteiger partial charge in [0.2, 0.25) is 5.91 Å². The number of hydrogen-bond acceptors (Lipinski definition) is 6. The first-order valence-electron chi connectivity index (χ1n) is 9.53. The van der Waals surface area contributed by atoms with Crippen LogP contribution in [0.5, 0.6) is 5.75 Å². The van der Waals surface area contributed by atoms with Gasteiger partial charge in [-0.15, -0.1) is 5.10 Å². The van der Waals surface area contributed by atoms with Crippen molar-refractivity contribution >= 4 is 29.0 Å². The molecule has 7 nitrogen and oxygen atoms in total. The van der Waals surface area contributed by atoms with Crippen LogP contribution in [0.25, 0.3) is 0 Å². The fourth-order valence-corrected chi connectivity index (χ4v) is 3.55.